The van der Waals surface area contributed by atoms with Gasteiger partial charge in [0.1, 0.15) is 11.9 Å². The second-order valence-corrected chi connectivity index (χ2v) is 4.18. The lowest BCUT2D eigenvalue weighted by Crippen LogP contribution is -2.18. The number of carbonyl (C=O) groups is 1. The molecule has 15 heavy (non-hydrogen) atoms. The molecule has 4 heteroatoms. The van der Waals surface area contributed by atoms with Gasteiger partial charge in [-0.25, -0.2) is 4.79 Å². The quantitative estimate of drug-likeness (QED) is 0.852. The van der Waals surface area contributed by atoms with Crippen LogP contribution in [0.3, 0.4) is 0 Å². The second-order valence-electron chi connectivity index (χ2n) is 3.32. The van der Waals surface area contributed by atoms with Crippen LogP contribution in [-0.4, -0.2) is 17.2 Å². The van der Waals surface area contributed by atoms with Crippen LogP contribution in [0.4, 0.5) is 0 Å². The standard InChI is InChI=1S/C11H9BrO3/c1-6-5-8(11(13)14)7-3-2-4-9(12)10(7)15-6/h2-6H,1H3,(H,13,14). The van der Waals surface area contributed by atoms with Gasteiger partial charge < -0.3 is 9.84 Å². The number of hydrogen-bond acceptors (Lipinski definition) is 2. The van der Waals surface area contributed by atoms with E-state index in [4.69, 9.17) is 9.84 Å². The fraction of sp³-hybridized carbons (Fsp3) is 0.182. The molecule has 0 aromatic heterocycles. The van der Waals surface area contributed by atoms with Gasteiger partial charge in [0.2, 0.25) is 0 Å². The van der Waals surface area contributed by atoms with E-state index in [1.54, 1.807) is 18.2 Å². The Labute approximate surface area is 95.5 Å². The lowest BCUT2D eigenvalue weighted by atomic mass is 10.0. The Balaban J connectivity index is 2.62. The Morgan fingerprint density at radius 1 is 1.53 bits per heavy atom. The predicted molar refractivity (Wildman–Crippen MR) is 59.8 cm³/mol. The van der Waals surface area contributed by atoms with Crippen molar-refractivity contribution in [3.05, 3.63) is 34.3 Å². The minimum absolute atomic E-state index is 0.220. The summed E-state index contributed by atoms with van der Waals surface area (Å²) in [5, 5.41) is 9.05. The molecule has 1 aromatic carbocycles. The molecule has 0 saturated carbocycles. The van der Waals surface area contributed by atoms with Crippen molar-refractivity contribution >= 4 is 27.5 Å². The van der Waals surface area contributed by atoms with Crippen molar-refractivity contribution in [3.63, 3.8) is 0 Å². The van der Waals surface area contributed by atoms with Gasteiger partial charge in [-0.15, -0.1) is 0 Å². The van der Waals surface area contributed by atoms with Crippen LogP contribution >= 0.6 is 15.9 Å². The highest BCUT2D eigenvalue weighted by Gasteiger charge is 2.23. The van der Waals surface area contributed by atoms with Crippen LogP contribution in [0, 0.1) is 0 Å². The number of carboxylic acids is 1. The highest BCUT2D eigenvalue weighted by Crippen LogP contribution is 2.37. The molecule has 78 valence electrons. The molecule has 0 spiro atoms. The first-order chi connectivity index (χ1) is 7.09. The van der Waals surface area contributed by atoms with E-state index in [0.717, 1.165) is 4.47 Å². The zero-order valence-electron chi connectivity index (χ0n) is 8.03. The first-order valence-electron chi connectivity index (χ1n) is 4.50. The Morgan fingerprint density at radius 2 is 2.27 bits per heavy atom. The average molecular weight is 269 g/mol. The van der Waals surface area contributed by atoms with Crippen LogP contribution in [0.5, 0.6) is 5.75 Å². The highest BCUT2D eigenvalue weighted by atomic mass is 79.9. The smallest absolute Gasteiger partial charge is 0.336 e. The fourth-order valence-corrected chi connectivity index (χ4v) is 2.03. The van der Waals surface area contributed by atoms with E-state index in [2.05, 4.69) is 15.9 Å². The summed E-state index contributed by atoms with van der Waals surface area (Å²) in [5.74, 6) is -0.325. The Bertz CT molecular complexity index is 451. The third-order valence-electron chi connectivity index (χ3n) is 2.19. The molecule has 1 aliphatic heterocycles. The van der Waals surface area contributed by atoms with Crippen molar-refractivity contribution in [1.82, 2.24) is 0 Å². The van der Waals surface area contributed by atoms with Gasteiger partial charge in [0.25, 0.3) is 0 Å². The van der Waals surface area contributed by atoms with Crippen molar-refractivity contribution in [1.29, 1.82) is 0 Å². The third kappa shape index (κ3) is 1.77. The summed E-state index contributed by atoms with van der Waals surface area (Å²) in [4.78, 5) is 11.0. The van der Waals surface area contributed by atoms with E-state index >= 15 is 0 Å². The zero-order chi connectivity index (χ0) is 11.0. The molecule has 0 radical (unpaired) electrons. The Kier molecular flexibility index (Phi) is 2.52. The Morgan fingerprint density at radius 3 is 2.93 bits per heavy atom. The number of halogens is 1. The number of hydrogen-bond donors (Lipinski definition) is 1. The molecule has 2 rings (SSSR count). The minimum atomic E-state index is -0.926. The molecule has 0 fully saturated rings. The monoisotopic (exact) mass is 268 g/mol. The number of rotatable bonds is 1. The number of ether oxygens (including phenoxy) is 1. The number of fused-ring (bicyclic) bond motifs is 1. The maximum atomic E-state index is 11.0. The summed E-state index contributed by atoms with van der Waals surface area (Å²) in [6.45, 7) is 1.81. The highest BCUT2D eigenvalue weighted by molar-refractivity contribution is 9.10. The molecule has 1 aliphatic rings. The predicted octanol–water partition coefficient (Wildman–Crippen LogP) is 2.70. The summed E-state index contributed by atoms with van der Waals surface area (Å²) in [5.41, 5.74) is 0.917. The van der Waals surface area contributed by atoms with Crippen LogP contribution < -0.4 is 4.74 Å². The summed E-state index contributed by atoms with van der Waals surface area (Å²) in [7, 11) is 0. The molecule has 0 aliphatic carbocycles. The van der Waals surface area contributed by atoms with Gasteiger partial charge in [-0.05, 0) is 35.0 Å². The topological polar surface area (TPSA) is 46.5 Å². The fourth-order valence-electron chi connectivity index (χ4n) is 1.57. The molecular weight excluding hydrogens is 260 g/mol. The van der Waals surface area contributed by atoms with Gasteiger partial charge in [-0.2, -0.15) is 0 Å². The van der Waals surface area contributed by atoms with E-state index in [9.17, 15) is 4.79 Å². The molecular formula is C11H9BrO3. The molecule has 1 aromatic rings. The number of benzene rings is 1. The van der Waals surface area contributed by atoms with Crippen LogP contribution in [0.2, 0.25) is 0 Å². The second kappa shape index (κ2) is 3.70. The van der Waals surface area contributed by atoms with E-state index < -0.39 is 5.97 Å². The summed E-state index contributed by atoms with van der Waals surface area (Å²) >= 11 is 3.34. The average Bonchev–Trinajstić information content (AvgIpc) is 2.18. The van der Waals surface area contributed by atoms with Crippen molar-refractivity contribution in [2.45, 2.75) is 13.0 Å². The molecule has 0 amide bonds. The van der Waals surface area contributed by atoms with E-state index in [1.165, 1.54) is 0 Å². The number of carboxylic acid groups (broad SMARTS) is 1. The van der Waals surface area contributed by atoms with Crippen LogP contribution in [-0.2, 0) is 4.79 Å². The van der Waals surface area contributed by atoms with Crippen molar-refractivity contribution < 1.29 is 14.6 Å². The summed E-state index contributed by atoms with van der Waals surface area (Å²) in [6.07, 6.45) is 1.39. The first-order valence-corrected chi connectivity index (χ1v) is 5.29. The number of aliphatic carboxylic acids is 1. The number of para-hydroxylation sites is 1. The van der Waals surface area contributed by atoms with Crippen LogP contribution in [0.25, 0.3) is 5.57 Å². The van der Waals surface area contributed by atoms with Gasteiger partial charge in [0.05, 0.1) is 10.0 Å². The Hall–Kier alpha value is -1.29. The van der Waals surface area contributed by atoms with Gasteiger partial charge in [0.15, 0.2) is 0 Å². The van der Waals surface area contributed by atoms with E-state index in [-0.39, 0.29) is 6.10 Å². The van der Waals surface area contributed by atoms with Gasteiger partial charge in [-0.1, -0.05) is 12.1 Å². The van der Waals surface area contributed by atoms with Crippen LogP contribution in [0.15, 0.2) is 28.7 Å². The summed E-state index contributed by atoms with van der Waals surface area (Å²) < 4.78 is 6.33. The SMILES string of the molecule is CC1C=C(C(=O)O)c2cccc(Br)c2O1. The zero-order valence-corrected chi connectivity index (χ0v) is 9.61. The van der Waals surface area contributed by atoms with Gasteiger partial charge >= 0.3 is 5.97 Å². The maximum absolute atomic E-state index is 11.0. The minimum Gasteiger partial charge on any atom is -0.485 e. The van der Waals surface area contributed by atoms with Gasteiger partial charge in [0, 0.05) is 5.56 Å². The maximum Gasteiger partial charge on any atom is 0.336 e. The molecule has 1 unspecified atom stereocenters. The third-order valence-corrected chi connectivity index (χ3v) is 2.82. The first kappa shape index (κ1) is 10.2. The molecule has 1 heterocycles. The van der Waals surface area contributed by atoms with Crippen molar-refractivity contribution in [2.75, 3.05) is 0 Å². The molecule has 3 nitrogen and oxygen atoms in total. The van der Waals surface area contributed by atoms with E-state index in [1.807, 2.05) is 13.0 Å². The molecule has 0 saturated heterocycles. The molecule has 0 bridgehead atoms. The van der Waals surface area contributed by atoms with Crippen molar-refractivity contribution in [2.24, 2.45) is 0 Å². The largest absolute Gasteiger partial charge is 0.485 e. The molecule has 1 atom stereocenters. The van der Waals surface area contributed by atoms with Gasteiger partial charge in [-0.3, -0.25) is 0 Å². The van der Waals surface area contributed by atoms with E-state index in [0.29, 0.717) is 16.9 Å². The lowest BCUT2D eigenvalue weighted by molar-refractivity contribution is -0.130. The van der Waals surface area contributed by atoms with Crippen molar-refractivity contribution in [3.8, 4) is 5.75 Å². The van der Waals surface area contributed by atoms with Crippen LogP contribution in [0.1, 0.15) is 12.5 Å². The summed E-state index contributed by atoms with van der Waals surface area (Å²) in [6, 6.07) is 5.36. The lowest BCUT2D eigenvalue weighted by Gasteiger charge is -2.22. The molecule has 1 N–H and O–H groups in total. The normalized spacial score (nSPS) is 18.8.